The Morgan fingerprint density at radius 2 is 2.17 bits per heavy atom. The van der Waals surface area contributed by atoms with Crippen molar-refractivity contribution in [1.29, 1.82) is 5.26 Å². The van der Waals surface area contributed by atoms with Crippen LogP contribution in [0.1, 0.15) is 16.9 Å². The van der Waals surface area contributed by atoms with Crippen LogP contribution in [0.5, 0.6) is 0 Å². The van der Waals surface area contributed by atoms with E-state index in [0.29, 0.717) is 24.5 Å². The number of nitrogens with one attached hydrogen (secondary N) is 1. The third-order valence-electron chi connectivity index (χ3n) is 2.42. The fourth-order valence-electron chi connectivity index (χ4n) is 1.32. The summed E-state index contributed by atoms with van der Waals surface area (Å²) in [5.74, 6) is 0.423. The van der Waals surface area contributed by atoms with Crippen molar-refractivity contribution in [3.8, 4) is 6.07 Å². The SMILES string of the molecule is COCCOCC(=O)Nc1oc(C)c(C)c1C#N. The lowest BCUT2D eigenvalue weighted by atomic mass is 10.2. The lowest BCUT2D eigenvalue weighted by molar-refractivity contribution is -0.121. The first-order chi connectivity index (χ1) is 8.60. The van der Waals surface area contributed by atoms with Crippen molar-refractivity contribution in [2.75, 3.05) is 32.2 Å². The summed E-state index contributed by atoms with van der Waals surface area (Å²) in [6, 6.07) is 2.00. The van der Waals surface area contributed by atoms with Crippen molar-refractivity contribution >= 4 is 11.8 Å². The van der Waals surface area contributed by atoms with Crippen LogP contribution >= 0.6 is 0 Å². The smallest absolute Gasteiger partial charge is 0.252 e. The number of furan rings is 1. The summed E-state index contributed by atoms with van der Waals surface area (Å²) in [5, 5.41) is 11.5. The van der Waals surface area contributed by atoms with E-state index in [1.165, 1.54) is 0 Å². The standard InChI is InChI=1S/C12H16N2O4/c1-8-9(2)18-12(10(8)6-13)14-11(15)7-17-5-4-16-3/h4-5,7H2,1-3H3,(H,14,15). The molecule has 1 rings (SSSR count). The first kappa shape index (κ1) is 14.2. The highest BCUT2D eigenvalue weighted by molar-refractivity contribution is 5.91. The second-order valence-electron chi connectivity index (χ2n) is 3.69. The summed E-state index contributed by atoms with van der Waals surface area (Å²) >= 11 is 0. The summed E-state index contributed by atoms with van der Waals surface area (Å²) in [6.45, 7) is 4.16. The van der Waals surface area contributed by atoms with Gasteiger partial charge < -0.3 is 13.9 Å². The molecular formula is C12H16N2O4. The van der Waals surface area contributed by atoms with E-state index in [1.807, 2.05) is 6.07 Å². The van der Waals surface area contributed by atoms with Crippen LogP contribution in [-0.4, -0.2) is 32.8 Å². The maximum atomic E-state index is 11.5. The Bertz CT molecular complexity index is 459. The number of aryl methyl sites for hydroxylation is 1. The van der Waals surface area contributed by atoms with Crippen LogP contribution in [0, 0.1) is 25.2 Å². The molecule has 6 nitrogen and oxygen atoms in total. The van der Waals surface area contributed by atoms with Crippen LogP contribution in [-0.2, 0) is 14.3 Å². The Morgan fingerprint density at radius 3 is 2.78 bits per heavy atom. The topological polar surface area (TPSA) is 84.5 Å². The van der Waals surface area contributed by atoms with Crippen LogP contribution in [0.15, 0.2) is 4.42 Å². The molecule has 1 N–H and O–H groups in total. The van der Waals surface area contributed by atoms with Gasteiger partial charge in [0.1, 0.15) is 24.0 Å². The molecule has 18 heavy (non-hydrogen) atoms. The minimum atomic E-state index is -0.364. The van der Waals surface area contributed by atoms with Crippen molar-refractivity contribution in [2.24, 2.45) is 0 Å². The highest BCUT2D eigenvalue weighted by atomic mass is 16.5. The number of amides is 1. The second-order valence-corrected chi connectivity index (χ2v) is 3.69. The van der Waals surface area contributed by atoms with Gasteiger partial charge >= 0.3 is 0 Å². The maximum absolute atomic E-state index is 11.5. The van der Waals surface area contributed by atoms with Gasteiger partial charge in [-0.15, -0.1) is 0 Å². The largest absolute Gasteiger partial charge is 0.444 e. The molecule has 0 saturated carbocycles. The molecule has 0 bridgehead atoms. The van der Waals surface area contributed by atoms with Crippen LogP contribution in [0.4, 0.5) is 5.88 Å². The molecule has 0 aliphatic carbocycles. The molecule has 1 amide bonds. The highest BCUT2D eigenvalue weighted by Crippen LogP contribution is 2.25. The Balaban J connectivity index is 2.55. The van der Waals surface area contributed by atoms with E-state index < -0.39 is 0 Å². The zero-order chi connectivity index (χ0) is 13.5. The van der Waals surface area contributed by atoms with Gasteiger partial charge in [0.2, 0.25) is 5.88 Å². The van der Waals surface area contributed by atoms with Crippen LogP contribution in [0.25, 0.3) is 0 Å². The number of ether oxygens (including phenoxy) is 2. The second kappa shape index (κ2) is 6.79. The van der Waals surface area contributed by atoms with Gasteiger partial charge in [0, 0.05) is 12.7 Å². The van der Waals surface area contributed by atoms with Gasteiger partial charge in [-0.1, -0.05) is 0 Å². The molecule has 0 aromatic carbocycles. The lowest BCUT2D eigenvalue weighted by Gasteiger charge is -2.03. The molecule has 6 heteroatoms. The Morgan fingerprint density at radius 1 is 1.44 bits per heavy atom. The van der Waals surface area contributed by atoms with Gasteiger partial charge in [0.15, 0.2) is 0 Å². The number of nitriles is 1. The quantitative estimate of drug-likeness (QED) is 0.773. The van der Waals surface area contributed by atoms with Crippen molar-refractivity contribution in [3.05, 3.63) is 16.9 Å². The Labute approximate surface area is 105 Å². The average Bonchev–Trinajstić information content (AvgIpc) is 2.60. The van der Waals surface area contributed by atoms with Crippen LogP contribution in [0.3, 0.4) is 0 Å². The van der Waals surface area contributed by atoms with Gasteiger partial charge in [-0.25, -0.2) is 0 Å². The number of hydrogen-bond donors (Lipinski definition) is 1. The molecule has 1 aromatic rings. The summed E-state index contributed by atoms with van der Waals surface area (Å²) in [6.07, 6.45) is 0. The molecule has 0 atom stereocenters. The van der Waals surface area contributed by atoms with Crippen molar-refractivity contribution in [2.45, 2.75) is 13.8 Å². The van der Waals surface area contributed by atoms with Gasteiger partial charge in [0.25, 0.3) is 5.91 Å². The van der Waals surface area contributed by atoms with E-state index >= 15 is 0 Å². The van der Waals surface area contributed by atoms with E-state index in [1.54, 1.807) is 21.0 Å². The monoisotopic (exact) mass is 252 g/mol. The number of rotatable bonds is 6. The summed E-state index contributed by atoms with van der Waals surface area (Å²) < 4.78 is 15.1. The van der Waals surface area contributed by atoms with E-state index in [-0.39, 0.29) is 18.4 Å². The molecule has 1 aromatic heterocycles. The highest BCUT2D eigenvalue weighted by Gasteiger charge is 2.16. The fourth-order valence-corrected chi connectivity index (χ4v) is 1.32. The zero-order valence-electron chi connectivity index (χ0n) is 10.7. The number of methoxy groups -OCH3 is 1. The molecule has 0 spiro atoms. The van der Waals surface area contributed by atoms with Gasteiger partial charge in [-0.3, -0.25) is 10.1 Å². The van der Waals surface area contributed by atoms with Crippen molar-refractivity contribution in [3.63, 3.8) is 0 Å². The van der Waals surface area contributed by atoms with E-state index in [0.717, 1.165) is 5.56 Å². The third kappa shape index (κ3) is 3.58. The van der Waals surface area contributed by atoms with Crippen molar-refractivity contribution in [1.82, 2.24) is 0 Å². The first-order valence-corrected chi connectivity index (χ1v) is 5.46. The molecule has 98 valence electrons. The van der Waals surface area contributed by atoms with Crippen LogP contribution < -0.4 is 5.32 Å². The molecular weight excluding hydrogens is 236 g/mol. The average molecular weight is 252 g/mol. The lowest BCUT2D eigenvalue weighted by Crippen LogP contribution is -2.19. The summed E-state index contributed by atoms with van der Waals surface area (Å²) in [4.78, 5) is 11.5. The zero-order valence-corrected chi connectivity index (χ0v) is 10.7. The Kier molecular flexibility index (Phi) is 5.36. The molecule has 0 saturated heterocycles. The van der Waals surface area contributed by atoms with Gasteiger partial charge in [-0.05, 0) is 13.8 Å². The molecule has 0 unspecified atom stereocenters. The number of nitrogens with zero attached hydrogens (tertiary/aromatic N) is 1. The number of anilines is 1. The predicted octanol–water partition coefficient (Wildman–Crippen LogP) is 1.37. The van der Waals surface area contributed by atoms with E-state index in [4.69, 9.17) is 19.2 Å². The van der Waals surface area contributed by atoms with Gasteiger partial charge in [0.05, 0.1) is 13.2 Å². The summed E-state index contributed by atoms with van der Waals surface area (Å²) in [7, 11) is 1.55. The summed E-state index contributed by atoms with van der Waals surface area (Å²) in [5.41, 5.74) is 1.07. The predicted molar refractivity (Wildman–Crippen MR) is 64.2 cm³/mol. The fraction of sp³-hybridized carbons (Fsp3) is 0.500. The van der Waals surface area contributed by atoms with E-state index in [9.17, 15) is 4.79 Å². The van der Waals surface area contributed by atoms with Crippen molar-refractivity contribution < 1.29 is 18.7 Å². The molecule has 0 aliphatic heterocycles. The molecule has 1 heterocycles. The minimum Gasteiger partial charge on any atom is -0.444 e. The molecule has 0 fully saturated rings. The third-order valence-corrected chi connectivity index (χ3v) is 2.42. The Hall–Kier alpha value is -1.84. The molecule has 0 radical (unpaired) electrons. The maximum Gasteiger partial charge on any atom is 0.252 e. The van der Waals surface area contributed by atoms with Crippen LogP contribution in [0.2, 0.25) is 0 Å². The minimum absolute atomic E-state index is 0.104. The first-order valence-electron chi connectivity index (χ1n) is 5.46. The normalized spacial score (nSPS) is 10.1. The molecule has 0 aliphatic rings. The number of carbonyl (C=O) groups excluding carboxylic acids is 1. The number of hydrogen-bond acceptors (Lipinski definition) is 5. The van der Waals surface area contributed by atoms with E-state index in [2.05, 4.69) is 5.32 Å². The number of carbonyl (C=O) groups is 1. The van der Waals surface area contributed by atoms with Gasteiger partial charge in [-0.2, -0.15) is 5.26 Å².